The zero-order valence-corrected chi connectivity index (χ0v) is 9.87. The van der Waals surface area contributed by atoms with Crippen LogP contribution in [0.4, 0.5) is 0 Å². The molecule has 0 aliphatic carbocycles. The number of carboxylic acid groups (broad SMARTS) is 1. The van der Waals surface area contributed by atoms with E-state index >= 15 is 0 Å². The van der Waals surface area contributed by atoms with Gasteiger partial charge in [0.25, 0.3) is 0 Å². The van der Waals surface area contributed by atoms with Crippen molar-refractivity contribution in [2.24, 2.45) is 0 Å². The van der Waals surface area contributed by atoms with E-state index in [-0.39, 0.29) is 18.3 Å². The van der Waals surface area contributed by atoms with Gasteiger partial charge in [-0.05, 0) is 12.1 Å². The summed E-state index contributed by atoms with van der Waals surface area (Å²) >= 11 is 0. The number of hydrogen-bond donors (Lipinski definition) is 2. The second-order valence-electron chi connectivity index (χ2n) is 4.16. The number of phenolic OH excluding ortho intramolecular Hbond substituents is 1. The molecule has 0 amide bonds. The van der Waals surface area contributed by atoms with Crippen LogP contribution in [0.25, 0.3) is 0 Å². The zero-order chi connectivity index (χ0) is 13.1. The number of aromatic hydroxyl groups is 1. The van der Waals surface area contributed by atoms with Gasteiger partial charge in [0.15, 0.2) is 0 Å². The summed E-state index contributed by atoms with van der Waals surface area (Å²) in [5.41, 5.74) is 0.899. The van der Waals surface area contributed by atoms with Crippen molar-refractivity contribution in [2.75, 3.05) is 19.7 Å². The van der Waals surface area contributed by atoms with Gasteiger partial charge in [-0.1, -0.05) is 6.08 Å². The quantitative estimate of drug-likeness (QED) is 0.772. The third-order valence-electron chi connectivity index (χ3n) is 2.90. The van der Waals surface area contributed by atoms with E-state index in [0.29, 0.717) is 18.9 Å². The largest absolute Gasteiger partial charge is 0.508 e. The van der Waals surface area contributed by atoms with Gasteiger partial charge in [0.2, 0.25) is 0 Å². The van der Waals surface area contributed by atoms with Gasteiger partial charge in [-0.2, -0.15) is 0 Å². The smallest absolute Gasteiger partial charge is 0.317 e. The number of carbonyl (C=O) groups is 1. The van der Waals surface area contributed by atoms with Gasteiger partial charge in [-0.15, -0.1) is 6.58 Å². The van der Waals surface area contributed by atoms with Gasteiger partial charge >= 0.3 is 5.97 Å². The molecule has 2 rings (SSSR count). The Morgan fingerprint density at radius 1 is 1.61 bits per heavy atom. The molecule has 5 heteroatoms. The highest BCUT2D eigenvalue weighted by Crippen LogP contribution is 2.37. The molecule has 0 saturated carbocycles. The Hall–Kier alpha value is -2.01. The van der Waals surface area contributed by atoms with E-state index in [2.05, 4.69) is 6.58 Å². The number of phenols is 1. The number of hydrogen-bond acceptors (Lipinski definition) is 4. The monoisotopic (exact) mass is 249 g/mol. The van der Waals surface area contributed by atoms with Gasteiger partial charge in [0.05, 0.1) is 12.6 Å². The van der Waals surface area contributed by atoms with Gasteiger partial charge in [-0.3, -0.25) is 9.69 Å². The van der Waals surface area contributed by atoms with E-state index in [4.69, 9.17) is 9.84 Å². The highest BCUT2D eigenvalue weighted by Gasteiger charge is 2.30. The molecule has 1 aromatic carbocycles. The molecule has 0 aromatic heterocycles. The van der Waals surface area contributed by atoms with E-state index in [1.165, 1.54) is 0 Å². The minimum atomic E-state index is -0.885. The predicted molar refractivity (Wildman–Crippen MR) is 65.7 cm³/mol. The molecule has 0 fully saturated rings. The Morgan fingerprint density at radius 3 is 3.06 bits per heavy atom. The molecule has 96 valence electrons. The summed E-state index contributed by atoms with van der Waals surface area (Å²) in [5.74, 6) is -0.133. The normalized spacial score (nSPS) is 17.3. The van der Waals surface area contributed by atoms with E-state index in [1.54, 1.807) is 29.2 Å². The Balaban J connectivity index is 2.24. The number of fused-ring (bicyclic) bond motifs is 1. The number of ether oxygens (including phenoxy) is 1. The highest BCUT2D eigenvalue weighted by molar-refractivity contribution is 5.69. The van der Waals surface area contributed by atoms with Gasteiger partial charge < -0.3 is 14.9 Å². The fourth-order valence-electron chi connectivity index (χ4n) is 2.13. The molecule has 1 aliphatic heterocycles. The number of aliphatic carboxylic acids is 1. The van der Waals surface area contributed by atoms with Crippen LogP contribution in [0.15, 0.2) is 30.9 Å². The number of nitrogens with zero attached hydrogens (tertiary/aromatic N) is 1. The summed E-state index contributed by atoms with van der Waals surface area (Å²) in [6.07, 6.45) is 1.67. The maximum atomic E-state index is 10.9. The Labute approximate surface area is 105 Å². The summed E-state index contributed by atoms with van der Waals surface area (Å²) in [6.45, 7) is 4.43. The van der Waals surface area contributed by atoms with Crippen molar-refractivity contribution < 1.29 is 19.7 Å². The number of carboxylic acids is 1. The lowest BCUT2D eigenvalue weighted by Gasteiger charge is -2.24. The molecule has 1 aromatic rings. The first-order valence-electron chi connectivity index (χ1n) is 5.64. The number of benzene rings is 1. The van der Waals surface area contributed by atoms with Crippen LogP contribution < -0.4 is 4.74 Å². The molecule has 0 saturated heterocycles. The lowest BCUT2D eigenvalue weighted by atomic mass is 10.1. The maximum absolute atomic E-state index is 10.9. The van der Waals surface area contributed by atoms with Crippen molar-refractivity contribution in [3.8, 4) is 11.5 Å². The summed E-state index contributed by atoms with van der Waals surface area (Å²) in [5, 5.41) is 18.3. The molecule has 1 heterocycles. The van der Waals surface area contributed by atoms with Crippen LogP contribution in [0, 0.1) is 0 Å². The Morgan fingerprint density at radius 2 is 2.39 bits per heavy atom. The second-order valence-corrected chi connectivity index (χ2v) is 4.16. The topological polar surface area (TPSA) is 70.0 Å². The Bertz CT molecular complexity index is 472. The molecule has 1 atom stereocenters. The molecule has 5 nitrogen and oxygen atoms in total. The first-order valence-corrected chi connectivity index (χ1v) is 5.64. The van der Waals surface area contributed by atoms with Crippen LogP contribution >= 0.6 is 0 Å². The predicted octanol–water partition coefficient (Wildman–Crippen LogP) is 1.40. The van der Waals surface area contributed by atoms with Crippen molar-refractivity contribution in [3.05, 3.63) is 36.4 Å². The Kier molecular flexibility index (Phi) is 3.53. The summed E-state index contributed by atoms with van der Waals surface area (Å²) in [6, 6.07) is 4.77. The zero-order valence-electron chi connectivity index (χ0n) is 9.87. The molecule has 0 bridgehead atoms. The SMILES string of the molecule is C=CCN(CC(=O)O)C1COc2cc(O)ccc21. The first-order chi connectivity index (χ1) is 8.61. The van der Waals surface area contributed by atoms with Crippen LogP contribution in [0.3, 0.4) is 0 Å². The van der Waals surface area contributed by atoms with Crippen LogP contribution in [-0.4, -0.2) is 40.8 Å². The lowest BCUT2D eigenvalue weighted by molar-refractivity contribution is -0.138. The van der Waals surface area contributed by atoms with Crippen LogP contribution in [-0.2, 0) is 4.79 Å². The van der Waals surface area contributed by atoms with Gasteiger partial charge in [0, 0.05) is 18.2 Å². The molecular weight excluding hydrogens is 234 g/mol. The van der Waals surface area contributed by atoms with E-state index in [0.717, 1.165) is 5.56 Å². The standard InChI is InChI=1S/C13H15NO4/c1-2-5-14(7-13(16)17)11-8-18-12-6-9(15)3-4-10(11)12/h2-4,6,11,15H,1,5,7-8H2,(H,16,17). The van der Waals surface area contributed by atoms with Crippen LogP contribution in [0.1, 0.15) is 11.6 Å². The highest BCUT2D eigenvalue weighted by atomic mass is 16.5. The lowest BCUT2D eigenvalue weighted by Crippen LogP contribution is -2.34. The summed E-state index contributed by atoms with van der Waals surface area (Å²) < 4.78 is 5.47. The van der Waals surface area contributed by atoms with E-state index in [1.807, 2.05) is 0 Å². The van der Waals surface area contributed by atoms with E-state index < -0.39 is 5.97 Å². The fraction of sp³-hybridized carbons (Fsp3) is 0.308. The minimum absolute atomic E-state index is 0.0691. The molecule has 1 unspecified atom stereocenters. The minimum Gasteiger partial charge on any atom is -0.508 e. The third kappa shape index (κ3) is 2.46. The fourth-order valence-corrected chi connectivity index (χ4v) is 2.13. The van der Waals surface area contributed by atoms with E-state index in [9.17, 15) is 9.90 Å². The third-order valence-corrected chi connectivity index (χ3v) is 2.90. The number of rotatable bonds is 5. The summed E-state index contributed by atoms with van der Waals surface area (Å²) in [7, 11) is 0. The van der Waals surface area contributed by atoms with Crippen molar-refractivity contribution >= 4 is 5.97 Å². The van der Waals surface area contributed by atoms with Gasteiger partial charge in [0.1, 0.15) is 18.1 Å². The molecule has 1 aliphatic rings. The average Bonchev–Trinajstić information content (AvgIpc) is 2.70. The average molecular weight is 249 g/mol. The van der Waals surface area contributed by atoms with Crippen molar-refractivity contribution in [2.45, 2.75) is 6.04 Å². The maximum Gasteiger partial charge on any atom is 0.317 e. The first kappa shape index (κ1) is 12.4. The molecular formula is C13H15NO4. The van der Waals surface area contributed by atoms with Crippen molar-refractivity contribution in [1.29, 1.82) is 0 Å². The summed E-state index contributed by atoms with van der Waals surface area (Å²) in [4.78, 5) is 12.6. The second kappa shape index (κ2) is 5.10. The molecule has 0 spiro atoms. The van der Waals surface area contributed by atoms with Crippen molar-refractivity contribution in [1.82, 2.24) is 4.90 Å². The van der Waals surface area contributed by atoms with Crippen LogP contribution in [0.5, 0.6) is 11.5 Å². The van der Waals surface area contributed by atoms with Gasteiger partial charge in [-0.25, -0.2) is 0 Å². The van der Waals surface area contributed by atoms with Crippen LogP contribution in [0.2, 0.25) is 0 Å². The molecule has 18 heavy (non-hydrogen) atoms. The van der Waals surface area contributed by atoms with Crippen molar-refractivity contribution in [3.63, 3.8) is 0 Å². The molecule has 0 radical (unpaired) electrons. The molecule has 2 N–H and O–H groups in total.